The molecule has 1 N–H and O–H groups in total. The van der Waals surface area contributed by atoms with E-state index in [4.69, 9.17) is 4.52 Å². The van der Waals surface area contributed by atoms with E-state index in [0.29, 0.717) is 18.2 Å². The minimum Gasteiger partial charge on any atom is -0.508 e. The monoisotopic (exact) mass is 232 g/mol. The van der Waals surface area contributed by atoms with Crippen LogP contribution < -0.4 is 0 Å². The van der Waals surface area contributed by atoms with Crippen molar-refractivity contribution in [2.24, 2.45) is 0 Å². The lowest BCUT2D eigenvalue weighted by Crippen LogP contribution is -1.94. The van der Waals surface area contributed by atoms with Crippen molar-refractivity contribution in [1.82, 2.24) is 10.1 Å². The van der Waals surface area contributed by atoms with Crippen LogP contribution in [0.15, 0.2) is 28.8 Å². The maximum atomic E-state index is 9.36. The van der Waals surface area contributed by atoms with Crippen LogP contribution in [0.5, 0.6) is 5.75 Å². The van der Waals surface area contributed by atoms with E-state index < -0.39 is 0 Å². The highest BCUT2D eigenvalue weighted by atomic mass is 16.5. The number of hydrogen-bond acceptors (Lipinski definition) is 4. The Morgan fingerprint density at radius 2 is 2.24 bits per heavy atom. The molecule has 2 aromatic rings. The van der Waals surface area contributed by atoms with Gasteiger partial charge < -0.3 is 9.63 Å². The fourth-order valence-corrected chi connectivity index (χ4v) is 1.56. The third-order valence-corrected chi connectivity index (χ3v) is 2.80. The van der Waals surface area contributed by atoms with Gasteiger partial charge in [0, 0.05) is 5.92 Å². The molecule has 0 bridgehead atoms. The first-order valence-corrected chi connectivity index (χ1v) is 5.79. The Bertz CT molecular complexity index is 494. The fourth-order valence-electron chi connectivity index (χ4n) is 1.56. The van der Waals surface area contributed by atoms with Gasteiger partial charge in [-0.15, -0.1) is 0 Å². The van der Waals surface area contributed by atoms with Crippen LogP contribution in [0.4, 0.5) is 0 Å². The Balaban J connectivity index is 2.11. The summed E-state index contributed by atoms with van der Waals surface area (Å²) < 4.78 is 5.19. The first-order valence-electron chi connectivity index (χ1n) is 5.79. The van der Waals surface area contributed by atoms with Crippen LogP contribution in [0.3, 0.4) is 0 Å². The number of aromatic nitrogens is 2. The molecule has 0 amide bonds. The lowest BCUT2D eigenvalue weighted by atomic mass is 10.1. The van der Waals surface area contributed by atoms with Crippen molar-refractivity contribution < 1.29 is 9.63 Å². The Morgan fingerprint density at radius 3 is 2.94 bits per heavy atom. The van der Waals surface area contributed by atoms with Gasteiger partial charge in [-0.25, -0.2) is 0 Å². The quantitative estimate of drug-likeness (QED) is 0.880. The van der Waals surface area contributed by atoms with E-state index in [1.165, 1.54) is 0 Å². The molecule has 0 saturated heterocycles. The number of rotatable bonds is 4. The van der Waals surface area contributed by atoms with Crippen LogP contribution >= 0.6 is 0 Å². The molecule has 0 fully saturated rings. The SMILES string of the molecule is CCC(C)c1noc(Cc2cccc(O)c2)n1. The number of benzene rings is 1. The molecule has 1 aromatic carbocycles. The molecule has 1 heterocycles. The minimum atomic E-state index is 0.254. The van der Waals surface area contributed by atoms with Crippen molar-refractivity contribution in [3.8, 4) is 5.75 Å². The zero-order valence-corrected chi connectivity index (χ0v) is 10.1. The number of nitrogens with zero attached hydrogens (tertiary/aromatic N) is 2. The van der Waals surface area contributed by atoms with E-state index in [1.54, 1.807) is 18.2 Å². The lowest BCUT2D eigenvalue weighted by Gasteiger charge is -1.99. The lowest BCUT2D eigenvalue weighted by molar-refractivity contribution is 0.376. The highest BCUT2D eigenvalue weighted by Gasteiger charge is 2.12. The molecule has 90 valence electrons. The number of hydrogen-bond donors (Lipinski definition) is 1. The van der Waals surface area contributed by atoms with Gasteiger partial charge in [-0.3, -0.25) is 0 Å². The van der Waals surface area contributed by atoms with Crippen LogP contribution in [-0.4, -0.2) is 15.2 Å². The normalized spacial score (nSPS) is 12.6. The zero-order valence-electron chi connectivity index (χ0n) is 10.1. The van der Waals surface area contributed by atoms with E-state index in [9.17, 15) is 5.11 Å². The molecule has 0 aliphatic carbocycles. The molecule has 1 atom stereocenters. The van der Waals surface area contributed by atoms with Crippen LogP contribution in [-0.2, 0) is 6.42 Å². The molecule has 2 rings (SSSR count). The summed E-state index contributed by atoms with van der Waals surface area (Å²) in [7, 11) is 0. The van der Waals surface area contributed by atoms with Gasteiger partial charge in [-0.2, -0.15) is 4.98 Å². The molecular formula is C13H16N2O2. The summed E-state index contributed by atoms with van der Waals surface area (Å²) in [4.78, 5) is 4.35. The molecule has 0 spiro atoms. The molecule has 0 radical (unpaired) electrons. The highest BCUT2D eigenvalue weighted by molar-refractivity contribution is 5.28. The molecule has 1 aromatic heterocycles. The average Bonchev–Trinajstić information content (AvgIpc) is 2.76. The number of aromatic hydroxyl groups is 1. The Labute approximate surface area is 100 Å². The van der Waals surface area contributed by atoms with Crippen LogP contribution in [0.2, 0.25) is 0 Å². The third-order valence-electron chi connectivity index (χ3n) is 2.80. The van der Waals surface area contributed by atoms with E-state index in [2.05, 4.69) is 24.0 Å². The van der Waals surface area contributed by atoms with Gasteiger partial charge in [0.15, 0.2) is 5.82 Å². The van der Waals surface area contributed by atoms with Gasteiger partial charge in [-0.05, 0) is 24.1 Å². The van der Waals surface area contributed by atoms with Crippen molar-refractivity contribution in [2.75, 3.05) is 0 Å². The van der Waals surface area contributed by atoms with E-state index in [1.807, 2.05) is 6.07 Å². The predicted molar refractivity (Wildman–Crippen MR) is 63.9 cm³/mol. The van der Waals surface area contributed by atoms with Crippen LogP contribution in [0, 0.1) is 0 Å². The first kappa shape index (κ1) is 11.6. The summed E-state index contributed by atoms with van der Waals surface area (Å²) in [6.07, 6.45) is 1.54. The van der Waals surface area contributed by atoms with Crippen molar-refractivity contribution >= 4 is 0 Å². The van der Waals surface area contributed by atoms with E-state index >= 15 is 0 Å². The third kappa shape index (κ3) is 2.84. The summed E-state index contributed by atoms with van der Waals surface area (Å²) in [6, 6.07) is 7.07. The maximum Gasteiger partial charge on any atom is 0.231 e. The Kier molecular flexibility index (Phi) is 3.42. The number of phenols is 1. The Morgan fingerprint density at radius 1 is 1.41 bits per heavy atom. The molecule has 4 heteroatoms. The van der Waals surface area contributed by atoms with Gasteiger partial charge in [0.05, 0.1) is 6.42 Å². The molecule has 0 saturated carbocycles. The summed E-state index contributed by atoms with van der Waals surface area (Å²) in [5, 5.41) is 13.3. The number of phenolic OH excluding ortho intramolecular Hbond substituents is 1. The summed E-state index contributed by atoms with van der Waals surface area (Å²) in [5.41, 5.74) is 0.962. The second-order valence-corrected chi connectivity index (χ2v) is 4.20. The van der Waals surface area contributed by atoms with Gasteiger partial charge in [-0.1, -0.05) is 31.1 Å². The highest BCUT2D eigenvalue weighted by Crippen LogP contribution is 2.17. The molecule has 4 nitrogen and oxygen atoms in total. The minimum absolute atomic E-state index is 0.254. The smallest absolute Gasteiger partial charge is 0.231 e. The molecular weight excluding hydrogens is 216 g/mol. The standard InChI is InChI=1S/C13H16N2O2/c1-3-9(2)13-14-12(17-15-13)8-10-5-4-6-11(16)7-10/h4-7,9,16H,3,8H2,1-2H3. The molecule has 0 aliphatic rings. The predicted octanol–water partition coefficient (Wildman–Crippen LogP) is 2.88. The largest absolute Gasteiger partial charge is 0.508 e. The van der Waals surface area contributed by atoms with Gasteiger partial charge in [0.1, 0.15) is 5.75 Å². The van der Waals surface area contributed by atoms with Crippen LogP contribution in [0.25, 0.3) is 0 Å². The maximum absolute atomic E-state index is 9.36. The van der Waals surface area contributed by atoms with Gasteiger partial charge in [0.2, 0.25) is 5.89 Å². The van der Waals surface area contributed by atoms with Gasteiger partial charge >= 0.3 is 0 Å². The molecule has 1 unspecified atom stereocenters. The van der Waals surface area contributed by atoms with Crippen molar-refractivity contribution in [2.45, 2.75) is 32.6 Å². The second-order valence-electron chi connectivity index (χ2n) is 4.20. The molecule has 0 aliphatic heterocycles. The van der Waals surface area contributed by atoms with Crippen molar-refractivity contribution in [1.29, 1.82) is 0 Å². The first-order chi connectivity index (χ1) is 8.19. The average molecular weight is 232 g/mol. The zero-order chi connectivity index (χ0) is 12.3. The van der Waals surface area contributed by atoms with Crippen LogP contribution in [0.1, 0.15) is 43.5 Å². The summed E-state index contributed by atoms with van der Waals surface area (Å²) >= 11 is 0. The second kappa shape index (κ2) is 4.99. The van der Waals surface area contributed by atoms with Gasteiger partial charge in [0.25, 0.3) is 0 Å². The summed E-state index contributed by atoms with van der Waals surface area (Å²) in [5.74, 6) is 1.91. The Hall–Kier alpha value is -1.84. The molecule has 17 heavy (non-hydrogen) atoms. The van der Waals surface area contributed by atoms with Crippen molar-refractivity contribution in [3.63, 3.8) is 0 Å². The summed E-state index contributed by atoms with van der Waals surface area (Å²) in [6.45, 7) is 4.17. The topological polar surface area (TPSA) is 59.2 Å². The van der Waals surface area contributed by atoms with Crippen molar-refractivity contribution in [3.05, 3.63) is 41.5 Å². The van der Waals surface area contributed by atoms with E-state index in [-0.39, 0.29) is 5.75 Å². The fraction of sp³-hybridized carbons (Fsp3) is 0.385. The van der Waals surface area contributed by atoms with E-state index in [0.717, 1.165) is 17.8 Å².